The van der Waals surface area contributed by atoms with Crippen molar-refractivity contribution in [3.63, 3.8) is 0 Å². The number of rotatable bonds is 2. The van der Waals surface area contributed by atoms with Crippen molar-refractivity contribution in [1.82, 2.24) is 4.90 Å². The van der Waals surface area contributed by atoms with Crippen molar-refractivity contribution in [2.45, 2.75) is 18.9 Å². The minimum atomic E-state index is -0.412. The Kier molecular flexibility index (Phi) is 2.97. The monoisotopic (exact) mass is 255 g/mol. The van der Waals surface area contributed by atoms with Gasteiger partial charge in [-0.05, 0) is 44.0 Å². The average molecular weight is 256 g/mol. The van der Waals surface area contributed by atoms with Gasteiger partial charge in [0.1, 0.15) is 17.7 Å². The number of benzene rings is 1. The average Bonchev–Trinajstić information content (AvgIpc) is 2.35. The van der Waals surface area contributed by atoms with Crippen LogP contribution in [-0.4, -0.2) is 30.6 Å². The van der Waals surface area contributed by atoms with Crippen LogP contribution < -0.4 is 4.74 Å². The SMILES string of the molecule is Fc1cc(O[C@H]2CN3CCC2CC3)ccc1Cl. The maximum atomic E-state index is 13.3. The van der Waals surface area contributed by atoms with E-state index in [1.807, 2.05) is 0 Å². The summed E-state index contributed by atoms with van der Waals surface area (Å²) in [5, 5.41) is 0.145. The molecule has 0 amide bonds. The van der Waals surface area contributed by atoms with E-state index in [-0.39, 0.29) is 11.1 Å². The van der Waals surface area contributed by atoms with Crippen LogP contribution in [-0.2, 0) is 0 Å². The molecule has 0 N–H and O–H groups in total. The van der Waals surface area contributed by atoms with E-state index >= 15 is 0 Å². The standard InChI is InChI=1S/C13H15ClFNO/c14-11-2-1-10(7-12(11)15)17-13-8-16-5-3-9(13)4-6-16/h1-2,7,9,13H,3-6,8H2/t13-/m0/s1. The molecule has 3 aliphatic heterocycles. The Bertz CT molecular complexity index is 418. The molecule has 0 unspecified atom stereocenters. The van der Waals surface area contributed by atoms with E-state index < -0.39 is 5.82 Å². The van der Waals surface area contributed by atoms with Crippen molar-refractivity contribution in [3.05, 3.63) is 29.0 Å². The Morgan fingerprint density at radius 1 is 1.29 bits per heavy atom. The van der Waals surface area contributed by atoms with E-state index in [4.69, 9.17) is 16.3 Å². The highest BCUT2D eigenvalue weighted by molar-refractivity contribution is 6.30. The summed E-state index contributed by atoms with van der Waals surface area (Å²) < 4.78 is 19.2. The van der Waals surface area contributed by atoms with Gasteiger partial charge < -0.3 is 4.74 Å². The van der Waals surface area contributed by atoms with E-state index in [0.29, 0.717) is 11.7 Å². The van der Waals surface area contributed by atoms with Gasteiger partial charge in [-0.15, -0.1) is 0 Å². The van der Waals surface area contributed by atoms with Crippen LogP contribution in [0.2, 0.25) is 5.02 Å². The maximum Gasteiger partial charge on any atom is 0.145 e. The normalized spacial score (nSPS) is 31.5. The van der Waals surface area contributed by atoms with Gasteiger partial charge in [0.25, 0.3) is 0 Å². The molecule has 4 heteroatoms. The van der Waals surface area contributed by atoms with Gasteiger partial charge in [-0.3, -0.25) is 4.90 Å². The fraction of sp³-hybridized carbons (Fsp3) is 0.538. The smallest absolute Gasteiger partial charge is 0.145 e. The van der Waals surface area contributed by atoms with Crippen LogP contribution in [0.3, 0.4) is 0 Å². The highest BCUT2D eigenvalue weighted by Gasteiger charge is 2.35. The summed E-state index contributed by atoms with van der Waals surface area (Å²) in [7, 11) is 0. The van der Waals surface area contributed by atoms with E-state index in [1.54, 1.807) is 12.1 Å². The quantitative estimate of drug-likeness (QED) is 0.806. The molecule has 1 aromatic rings. The van der Waals surface area contributed by atoms with Crippen molar-refractivity contribution >= 4 is 11.6 Å². The summed E-state index contributed by atoms with van der Waals surface area (Å²) in [5.41, 5.74) is 0. The minimum Gasteiger partial charge on any atom is -0.489 e. The first kappa shape index (κ1) is 11.3. The van der Waals surface area contributed by atoms with Crippen LogP contribution in [0.1, 0.15) is 12.8 Å². The number of fused-ring (bicyclic) bond motifs is 3. The van der Waals surface area contributed by atoms with Gasteiger partial charge in [0.05, 0.1) is 5.02 Å². The molecule has 0 aliphatic carbocycles. The van der Waals surface area contributed by atoms with Crippen LogP contribution in [0.4, 0.5) is 4.39 Å². The topological polar surface area (TPSA) is 12.5 Å². The zero-order valence-electron chi connectivity index (χ0n) is 9.53. The fourth-order valence-corrected chi connectivity index (χ4v) is 2.89. The summed E-state index contributed by atoms with van der Waals surface area (Å²) in [6.07, 6.45) is 2.60. The Labute approximate surface area is 105 Å². The first-order chi connectivity index (χ1) is 8.22. The van der Waals surface area contributed by atoms with Crippen LogP contribution in [0.5, 0.6) is 5.75 Å². The Morgan fingerprint density at radius 2 is 2.06 bits per heavy atom. The molecular formula is C13H15ClFNO. The molecule has 3 saturated heterocycles. The Hall–Kier alpha value is -0.800. The Morgan fingerprint density at radius 3 is 2.65 bits per heavy atom. The van der Waals surface area contributed by atoms with Gasteiger partial charge in [-0.1, -0.05) is 11.6 Å². The lowest BCUT2D eigenvalue weighted by molar-refractivity contribution is -0.00788. The number of piperidine rings is 3. The van der Waals surface area contributed by atoms with Gasteiger partial charge in [-0.2, -0.15) is 0 Å². The second-order valence-electron chi connectivity index (χ2n) is 4.87. The number of halogens is 2. The molecule has 1 atom stereocenters. The van der Waals surface area contributed by atoms with Gasteiger partial charge in [0, 0.05) is 12.6 Å². The largest absolute Gasteiger partial charge is 0.489 e. The number of ether oxygens (including phenoxy) is 1. The minimum absolute atomic E-state index is 0.145. The second kappa shape index (κ2) is 4.46. The predicted molar refractivity (Wildman–Crippen MR) is 65.0 cm³/mol. The molecule has 4 rings (SSSR count). The van der Waals surface area contributed by atoms with Crippen LogP contribution in [0, 0.1) is 11.7 Å². The zero-order chi connectivity index (χ0) is 11.8. The summed E-state index contributed by atoms with van der Waals surface area (Å²) in [4.78, 5) is 2.41. The van der Waals surface area contributed by atoms with E-state index in [1.165, 1.54) is 32.0 Å². The highest BCUT2D eigenvalue weighted by Crippen LogP contribution is 2.31. The molecule has 1 aromatic carbocycles. The first-order valence-corrected chi connectivity index (χ1v) is 6.44. The van der Waals surface area contributed by atoms with Gasteiger partial charge in [-0.25, -0.2) is 4.39 Å². The van der Waals surface area contributed by atoms with Gasteiger partial charge in [0.15, 0.2) is 0 Å². The molecule has 3 heterocycles. The lowest BCUT2D eigenvalue weighted by Crippen LogP contribution is -2.52. The fourth-order valence-electron chi connectivity index (χ4n) is 2.77. The van der Waals surface area contributed by atoms with Crippen molar-refractivity contribution in [2.24, 2.45) is 5.92 Å². The number of hydrogen-bond acceptors (Lipinski definition) is 2. The molecule has 2 nitrogen and oxygen atoms in total. The van der Waals surface area contributed by atoms with E-state index in [2.05, 4.69) is 4.90 Å². The highest BCUT2D eigenvalue weighted by atomic mass is 35.5. The third-order valence-electron chi connectivity index (χ3n) is 3.77. The lowest BCUT2D eigenvalue weighted by atomic mass is 9.86. The number of nitrogens with zero attached hydrogens (tertiary/aromatic N) is 1. The third-order valence-corrected chi connectivity index (χ3v) is 4.08. The molecule has 3 fully saturated rings. The molecule has 17 heavy (non-hydrogen) atoms. The number of hydrogen-bond donors (Lipinski definition) is 0. The first-order valence-electron chi connectivity index (χ1n) is 6.06. The van der Waals surface area contributed by atoms with E-state index in [0.717, 1.165) is 6.54 Å². The third kappa shape index (κ3) is 2.26. The Balaban J connectivity index is 1.72. The molecule has 0 spiro atoms. The van der Waals surface area contributed by atoms with Crippen molar-refractivity contribution in [3.8, 4) is 5.75 Å². The van der Waals surface area contributed by atoms with Crippen molar-refractivity contribution < 1.29 is 9.13 Å². The maximum absolute atomic E-state index is 13.3. The second-order valence-corrected chi connectivity index (χ2v) is 5.28. The van der Waals surface area contributed by atoms with Gasteiger partial charge >= 0.3 is 0 Å². The van der Waals surface area contributed by atoms with Crippen LogP contribution >= 0.6 is 11.6 Å². The van der Waals surface area contributed by atoms with Gasteiger partial charge in [0.2, 0.25) is 0 Å². The summed E-state index contributed by atoms with van der Waals surface area (Å²) in [6.45, 7) is 3.33. The molecule has 0 aromatic heterocycles. The van der Waals surface area contributed by atoms with Crippen molar-refractivity contribution in [1.29, 1.82) is 0 Å². The molecular weight excluding hydrogens is 241 g/mol. The molecule has 2 bridgehead atoms. The molecule has 0 saturated carbocycles. The van der Waals surface area contributed by atoms with E-state index in [9.17, 15) is 4.39 Å². The zero-order valence-corrected chi connectivity index (χ0v) is 10.3. The lowest BCUT2D eigenvalue weighted by Gasteiger charge is -2.44. The van der Waals surface area contributed by atoms with Crippen LogP contribution in [0.25, 0.3) is 0 Å². The molecule has 0 radical (unpaired) electrons. The van der Waals surface area contributed by atoms with Crippen molar-refractivity contribution in [2.75, 3.05) is 19.6 Å². The summed E-state index contributed by atoms with van der Waals surface area (Å²) in [5.74, 6) is 0.801. The summed E-state index contributed by atoms with van der Waals surface area (Å²) in [6, 6.07) is 4.66. The molecule has 92 valence electrons. The molecule has 3 aliphatic rings. The van der Waals surface area contributed by atoms with Crippen LogP contribution in [0.15, 0.2) is 18.2 Å². The summed E-state index contributed by atoms with van der Waals surface area (Å²) >= 11 is 5.65. The predicted octanol–water partition coefficient (Wildman–Crippen LogP) is 2.95.